The molecule has 1 unspecified atom stereocenters. The molecule has 1 aromatic carbocycles. The minimum atomic E-state index is -4.74. The first-order valence-corrected chi connectivity index (χ1v) is 6.83. The molecule has 0 spiro atoms. The van der Waals surface area contributed by atoms with E-state index in [0.29, 0.717) is 0 Å². The molecule has 0 saturated carbocycles. The van der Waals surface area contributed by atoms with Gasteiger partial charge in [-0.3, -0.25) is 0 Å². The number of likely N-dealkylation sites (N-methyl/N-ethyl adjacent to an activating group) is 1. The molecule has 0 saturated heterocycles. The molecular formula is C15H21F3N2O2. The normalized spacial score (nSPS) is 12.9. The van der Waals surface area contributed by atoms with Crippen molar-refractivity contribution in [2.75, 3.05) is 13.6 Å². The van der Waals surface area contributed by atoms with Crippen LogP contribution in [0.5, 0.6) is 0 Å². The number of rotatable bonds is 4. The maximum Gasteiger partial charge on any atom is 0.416 e. The van der Waals surface area contributed by atoms with Gasteiger partial charge in [-0.05, 0) is 37.5 Å². The third-order valence-electron chi connectivity index (χ3n) is 3.43. The Morgan fingerprint density at radius 2 is 1.77 bits per heavy atom. The summed E-state index contributed by atoms with van der Waals surface area (Å²) in [5, 5.41) is 11.5. The highest BCUT2D eigenvalue weighted by Gasteiger charge is 2.39. The summed E-state index contributed by atoms with van der Waals surface area (Å²) in [4.78, 5) is 12.6. The molecule has 0 radical (unpaired) electrons. The Morgan fingerprint density at radius 1 is 1.27 bits per heavy atom. The number of hydrogen-bond acceptors (Lipinski definition) is 2. The molecule has 0 aliphatic rings. The zero-order valence-electron chi connectivity index (χ0n) is 13.1. The summed E-state index contributed by atoms with van der Waals surface area (Å²) in [5.74, 6) is 0. The van der Waals surface area contributed by atoms with E-state index in [1.807, 2.05) is 32.9 Å². The third-order valence-corrected chi connectivity index (χ3v) is 3.43. The highest BCUT2D eigenvalue weighted by molar-refractivity contribution is 5.74. The van der Waals surface area contributed by atoms with Gasteiger partial charge in [-0.2, -0.15) is 13.2 Å². The molecule has 124 valence electrons. The van der Waals surface area contributed by atoms with Crippen LogP contribution in [0, 0.1) is 20.8 Å². The van der Waals surface area contributed by atoms with Gasteiger partial charge in [0.15, 0.2) is 6.10 Å². The van der Waals surface area contributed by atoms with Crippen LogP contribution in [-0.2, 0) is 6.54 Å². The summed E-state index contributed by atoms with van der Waals surface area (Å²) in [6.45, 7) is 5.22. The SMILES string of the molecule is Cc1cc(C)c(CNC(=O)N(C)CC(O)C(F)(F)F)c(C)c1. The first-order valence-electron chi connectivity index (χ1n) is 6.83. The average molecular weight is 318 g/mol. The number of alkyl halides is 3. The first-order chi connectivity index (χ1) is 10.0. The number of urea groups is 1. The Bertz CT molecular complexity index is 521. The van der Waals surface area contributed by atoms with Gasteiger partial charge in [-0.25, -0.2) is 4.79 Å². The van der Waals surface area contributed by atoms with Gasteiger partial charge in [0.1, 0.15) is 0 Å². The van der Waals surface area contributed by atoms with Crippen LogP contribution < -0.4 is 5.32 Å². The summed E-state index contributed by atoms with van der Waals surface area (Å²) in [5.41, 5.74) is 4.06. The lowest BCUT2D eigenvalue weighted by Crippen LogP contribution is -2.45. The second-order valence-electron chi connectivity index (χ2n) is 5.47. The zero-order chi connectivity index (χ0) is 17.1. The van der Waals surface area contributed by atoms with Gasteiger partial charge >= 0.3 is 12.2 Å². The van der Waals surface area contributed by atoms with Gasteiger partial charge in [-0.15, -0.1) is 0 Å². The predicted octanol–water partition coefficient (Wildman–Crippen LogP) is 2.68. The Balaban J connectivity index is 2.63. The van der Waals surface area contributed by atoms with E-state index in [2.05, 4.69) is 5.32 Å². The molecule has 2 amide bonds. The zero-order valence-corrected chi connectivity index (χ0v) is 13.1. The monoisotopic (exact) mass is 318 g/mol. The lowest BCUT2D eigenvalue weighted by Gasteiger charge is -2.23. The molecule has 2 N–H and O–H groups in total. The van der Waals surface area contributed by atoms with Gasteiger partial charge < -0.3 is 15.3 Å². The van der Waals surface area contributed by atoms with Gasteiger partial charge in [0.25, 0.3) is 0 Å². The number of nitrogens with one attached hydrogen (secondary N) is 1. The second kappa shape index (κ2) is 7.00. The van der Waals surface area contributed by atoms with Crippen LogP contribution in [-0.4, -0.2) is 41.9 Å². The summed E-state index contributed by atoms with van der Waals surface area (Å²) < 4.78 is 36.8. The third kappa shape index (κ3) is 4.91. The molecule has 0 bridgehead atoms. The number of carbonyl (C=O) groups is 1. The Labute approximate surface area is 127 Å². The Morgan fingerprint density at radius 3 is 2.23 bits per heavy atom. The van der Waals surface area contributed by atoms with Crippen molar-refractivity contribution >= 4 is 6.03 Å². The van der Waals surface area contributed by atoms with E-state index in [1.165, 1.54) is 7.05 Å². The molecular weight excluding hydrogens is 297 g/mol. The van der Waals surface area contributed by atoms with Crippen molar-refractivity contribution in [1.29, 1.82) is 0 Å². The van der Waals surface area contributed by atoms with Crippen molar-refractivity contribution in [2.24, 2.45) is 0 Å². The number of aliphatic hydroxyl groups is 1. The minimum Gasteiger partial charge on any atom is -0.382 e. The molecule has 0 heterocycles. The van der Waals surface area contributed by atoms with Gasteiger partial charge in [0, 0.05) is 13.6 Å². The molecule has 0 aliphatic carbocycles. The number of aliphatic hydroxyl groups excluding tert-OH is 1. The molecule has 0 aliphatic heterocycles. The van der Waals surface area contributed by atoms with Crippen molar-refractivity contribution in [3.63, 3.8) is 0 Å². The number of carbonyl (C=O) groups excluding carboxylic acids is 1. The molecule has 1 aromatic rings. The van der Waals surface area contributed by atoms with Crippen LogP contribution in [0.4, 0.5) is 18.0 Å². The molecule has 1 atom stereocenters. The van der Waals surface area contributed by atoms with Crippen molar-refractivity contribution in [3.8, 4) is 0 Å². The maximum atomic E-state index is 12.3. The average Bonchev–Trinajstić information content (AvgIpc) is 2.35. The second-order valence-corrected chi connectivity index (χ2v) is 5.47. The minimum absolute atomic E-state index is 0.225. The number of benzene rings is 1. The smallest absolute Gasteiger partial charge is 0.382 e. The van der Waals surface area contributed by atoms with Crippen molar-refractivity contribution in [2.45, 2.75) is 39.6 Å². The van der Waals surface area contributed by atoms with E-state index in [9.17, 15) is 18.0 Å². The molecule has 4 nitrogen and oxygen atoms in total. The number of amides is 2. The van der Waals surface area contributed by atoms with Crippen LogP contribution in [0.15, 0.2) is 12.1 Å². The Hall–Kier alpha value is -1.76. The van der Waals surface area contributed by atoms with Crippen LogP contribution in [0.2, 0.25) is 0 Å². The van der Waals surface area contributed by atoms with Gasteiger partial charge in [0.05, 0.1) is 6.54 Å². The molecule has 0 fully saturated rings. The van der Waals surface area contributed by atoms with Gasteiger partial charge in [-0.1, -0.05) is 17.7 Å². The lowest BCUT2D eigenvalue weighted by atomic mass is 10.00. The number of aryl methyl sites for hydroxylation is 3. The lowest BCUT2D eigenvalue weighted by molar-refractivity contribution is -0.205. The van der Waals surface area contributed by atoms with E-state index < -0.39 is 24.9 Å². The maximum absolute atomic E-state index is 12.3. The topological polar surface area (TPSA) is 52.6 Å². The standard InChI is InChI=1S/C15H21F3N2O2/c1-9-5-10(2)12(11(3)6-9)7-19-14(22)20(4)8-13(21)15(16,17)18/h5-6,13,21H,7-8H2,1-4H3,(H,19,22). The van der Waals surface area contributed by atoms with E-state index in [-0.39, 0.29) is 6.54 Å². The number of halogens is 3. The largest absolute Gasteiger partial charge is 0.416 e. The van der Waals surface area contributed by atoms with Crippen LogP contribution in [0.1, 0.15) is 22.3 Å². The van der Waals surface area contributed by atoms with E-state index in [4.69, 9.17) is 5.11 Å². The van der Waals surface area contributed by atoms with Crippen LogP contribution in [0.25, 0.3) is 0 Å². The fourth-order valence-corrected chi connectivity index (χ4v) is 2.23. The van der Waals surface area contributed by atoms with Crippen molar-refractivity contribution in [1.82, 2.24) is 10.2 Å². The Kier molecular flexibility index (Phi) is 5.82. The van der Waals surface area contributed by atoms with E-state index in [0.717, 1.165) is 27.2 Å². The van der Waals surface area contributed by atoms with Crippen LogP contribution >= 0.6 is 0 Å². The summed E-state index contributed by atoms with van der Waals surface area (Å²) in [7, 11) is 1.21. The fraction of sp³-hybridized carbons (Fsp3) is 0.533. The highest BCUT2D eigenvalue weighted by atomic mass is 19.4. The highest BCUT2D eigenvalue weighted by Crippen LogP contribution is 2.20. The summed E-state index contributed by atoms with van der Waals surface area (Å²) in [6, 6.07) is 3.29. The van der Waals surface area contributed by atoms with E-state index >= 15 is 0 Å². The van der Waals surface area contributed by atoms with E-state index in [1.54, 1.807) is 0 Å². The molecule has 0 aromatic heterocycles. The molecule has 7 heteroatoms. The number of hydrogen-bond donors (Lipinski definition) is 2. The summed E-state index contributed by atoms with van der Waals surface area (Å²) in [6.07, 6.45) is -7.29. The fourth-order valence-electron chi connectivity index (χ4n) is 2.23. The quantitative estimate of drug-likeness (QED) is 0.897. The predicted molar refractivity (Wildman–Crippen MR) is 77.6 cm³/mol. The van der Waals surface area contributed by atoms with Gasteiger partial charge in [0.2, 0.25) is 0 Å². The first kappa shape index (κ1) is 18.3. The number of nitrogens with zero attached hydrogens (tertiary/aromatic N) is 1. The molecule has 1 rings (SSSR count). The van der Waals surface area contributed by atoms with Crippen LogP contribution in [0.3, 0.4) is 0 Å². The molecule has 22 heavy (non-hydrogen) atoms. The van der Waals surface area contributed by atoms with Crippen molar-refractivity contribution < 1.29 is 23.1 Å². The summed E-state index contributed by atoms with van der Waals surface area (Å²) >= 11 is 0. The van der Waals surface area contributed by atoms with Crippen molar-refractivity contribution in [3.05, 3.63) is 34.4 Å².